The lowest BCUT2D eigenvalue weighted by atomic mass is 10.1. The van der Waals surface area contributed by atoms with Crippen molar-refractivity contribution in [1.29, 1.82) is 0 Å². The van der Waals surface area contributed by atoms with E-state index in [9.17, 15) is 9.59 Å². The van der Waals surface area contributed by atoms with Gasteiger partial charge in [-0.15, -0.1) is 0 Å². The molecule has 0 amide bonds. The predicted octanol–water partition coefficient (Wildman–Crippen LogP) is 1.20. The van der Waals surface area contributed by atoms with Crippen LogP contribution in [-0.4, -0.2) is 29.1 Å². The summed E-state index contributed by atoms with van der Waals surface area (Å²) in [4.78, 5) is 20.7. The highest BCUT2D eigenvalue weighted by Crippen LogP contribution is 2.04. The summed E-state index contributed by atoms with van der Waals surface area (Å²) >= 11 is 0. The number of hydrogen-bond acceptors (Lipinski definition) is 3. The van der Waals surface area contributed by atoms with Crippen molar-refractivity contribution in [1.82, 2.24) is 0 Å². The van der Waals surface area contributed by atoms with Crippen molar-refractivity contribution in [3.8, 4) is 0 Å². The Labute approximate surface area is 81.8 Å². The predicted molar refractivity (Wildman–Crippen MR) is 51.5 cm³/mol. The van der Waals surface area contributed by atoms with E-state index >= 15 is 0 Å². The van der Waals surface area contributed by atoms with E-state index in [4.69, 9.17) is 10.2 Å². The number of carbonyl (C=O) groups is 2. The van der Waals surface area contributed by atoms with Crippen LogP contribution in [0.5, 0.6) is 0 Å². The third kappa shape index (κ3) is 3.82. The number of carboxylic acids is 1. The van der Waals surface area contributed by atoms with Crippen LogP contribution in [0.4, 0.5) is 0 Å². The highest BCUT2D eigenvalue weighted by atomic mass is 16.4. The van der Waals surface area contributed by atoms with Gasteiger partial charge in [-0.05, 0) is 13.0 Å². The molecule has 0 saturated heterocycles. The maximum Gasteiger partial charge on any atom is 0.336 e. The Morgan fingerprint density at radius 3 is 2.29 bits per heavy atom. The van der Waals surface area contributed by atoms with Gasteiger partial charge in [0.05, 0.1) is 5.56 Å². The lowest BCUT2D eigenvalue weighted by Gasteiger charge is -1.95. The van der Waals surface area contributed by atoms with Gasteiger partial charge in [0.15, 0.2) is 6.29 Å². The van der Waals surface area contributed by atoms with Crippen molar-refractivity contribution >= 4 is 12.3 Å². The van der Waals surface area contributed by atoms with Crippen molar-refractivity contribution in [2.75, 3.05) is 6.61 Å². The number of aliphatic hydroxyl groups excluding tert-OH is 1. The number of carbonyl (C=O) groups excluding carboxylic acids is 1. The molecule has 0 radical (unpaired) electrons. The largest absolute Gasteiger partial charge is 0.478 e. The van der Waals surface area contributed by atoms with Gasteiger partial charge in [0.2, 0.25) is 0 Å². The zero-order valence-electron chi connectivity index (χ0n) is 7.80. The first-order valence-corrected chi connectivity index (χ1v) is 4.05. The van der Waals surface area contributed by atoms with Crippen molar-refractivity contribution in [3.63, 3.8) is 0 Å². The van der Waals surface area contributed by atoms with Crippen LogP contribution in [0.1, 0.15) is 27.6 Å². The van der Waals surface area contributed by atoms with Gasteiger partial charge in [-0.3, -0.25) is 4.79 Å². The van der Waals surface area contributed by atoms with E-state index in [1.807, 2.05) is 0 Å². The van der Waals surface area contributed by atoms with E-state index < -0.39 is 5.97 Å². The number of aromatic carboxylic acids is 1. The highest BCUT2D eigenvalue weighted by molar-refractivity contribution is 5.96. The lowest BCUT2D eigenvalue weighted by Crippen LogP contribution is -2.00. The summed E-state index contributed by atoms with van der Waals surface area (Å²) in [5.74, 6) is -1.08. The first-order valence-electron chi connectivity index (χ1n) is 4.05. The van der Waals surface area contributed by atoms with Gasteiger partial charge in [0.1, 0.15) is 0 Å². The van der Waals surface area contributed by atoms with Crippen LogP contribution in [0, 0.1) is 0 Å². The smallest absolute Gasteiger partial charge is 0.336 e. The molecule has 1 aromatic carbocycles. The minimum Gasteiger partial charge on any atom is -0.478 e. The van der Waals surface area contributed by atoms with Crippen LogP contribution in [0.2, 0.25) is 0 Å². The Kier molecular flexibility index (Phi) is 5.98. The fraction of sp³-hybridized carbons (Fsp3) is 0.200. The molecule has 14 heavy (non-hydrogen) atoms. The molecule has 0 atom stereocenters. The van der Waals surface area contributed by atoms with Crippen LogP contribution in [-0.2, 0) is 0 Å². The molecule has 0 aromatic heterocycles. The van der Waals surface area contributed by atoms with Gasteiger partial charge in [0, 0.05) is 12.2 Å². The average molecular weight is 196 g/mol. The third-order valence-electron chi connectivity index (χ3n) is 1.32. The maximum absolute atomic E-state index is 10.4. The number of aldehydes is 1. The van der Waals surface area contributed by atoms with Gasteiger partial charge in [-0.1, -0.05) is 18.2 Å². The van der Waals surface area contributed by atoms with Crippen molar-refractivity contribution < 1.29 is 19.8 Å². The van der Waals surface area contributed by atoms with E-state index in [0.29, 0.717) is 6.29 Å². The second-order valence-corrected chi connectivity index (χ2v) is 2.33. The van der Waals surface area contributed by atoms with Crippen LogP contribution < -0.4 is 0 Å². The fourth-order valence-electron chi connectivity index (χ4n) is 0.795. The van der Waals surface area contributed by atoms with E-state index in [2.05, 4.69) is 0 Å². The summed E-state index contributed by atoms with van der Waals surface area (Å²) in [6, 6.07) is 6.06. The van der Waals surface area contributed by atoms with E-state index in [1.165, 1.54) is 12.1 Å². The van der Waals surface area contributed by atoms with Gasteiger partial charge < -0.3 is 10.2 Å². The molecule has 4 nitrogen and oxygen atoms in total. The molecule has 4 heteroatoms. The number of aliphatic hydroxyl groups is 1. The first-order chi connectivity index (χ1) is 6.67. The van der Waals surface area contributed by atoms with E-state index in [0.717, 1.165) is 0 Å². The molecule has 76 valence electrons. The van der Waals surface area contributed by atoms with Gasteiger partial charge in [-0.25, -0.2) is 4.79 Å². The Morgan fingerprint density at radius 1 is 1.43 bits per heavy atom. The average Bonchev–Trinajstić information content (AvgIpc) is 2.19. The fourth-order valence-corrected chi connectivity index (χ4v) is 0.795. The van der Waals surface area contributed by atoms with Gasteiger partial charge in [-0.2, -0.15) is 0 Å². The van der Waals surface area contributed by atoms with Crippen molar-refractivity contribution in [2.24, 2.45) is 0 Å². The minimum absolute atomic E-state index is 0.0440. The normalized spacial score (nSPS) is 8.43. The molecule has 0 unspecified atom stereocenters. The molecule has 0 aliphatic heterocycles. The van der Waals surface area contributed by atoms with Crippen LogP contribution in [0.25, 0.3) is 0 Å². The molecule has 0 aliphatic carbocycles. The maximum atomic E-state index is 10.4. The molecule has 0 saturated carbocycles. The van der Waals surface area contributed by atoms with E-state index in [1.54, 1.807) is 19.1 Å². The summed E-state index contributed by atoms with van der Waals surface area (Å²) in [5, 5.41) is 16.1. The standard InChI is InChI=1S/C8H6O3.C2H6O/c9-5-6-3-1-2-4-7(6)8(10)11;1-2-3/h1-5H,(H,10,11);3H,2H2,1H3. The molecule has 1 aromatic rings. The summed E-state index contributed by atoms with van der Waals surface area (Å²) in [6.45, 7) is 1.93. The minimum atomic E-state index is -1.08. The van der Waals surface area contributed by atoms with Crippen LogP contribution >= 0.6 is 0 Å². The Morgan fingerprint density at radius 2 is 1.93 bits per heavy atom. The lowest BCUT2D eigenvalue weighted by molar-refractivity contribution is 0.0694. The molecule has 0 spiro atoms. The van der Waals surface area contributed by atoms with Crippen LogP contribution in [0.15, 0.2) is 24.3 Å². The molecule has 0 aliphatic rings. The molecular formula is C10H12O4. The van der Waals surface area contributed by atoms with Crippen LogP contribution in [0.3, 0.4) is 0 Å². The molecule has 2 N–H and O–H groups in total. The Hall–Kier alpha value is -1.68. The first kappa shape index (κ1) is 12.3. The monoisotopic (exact) mass is 196 g/mol. The van der Waals surface area contributed by atoms with E-state index in [-0.39, 0.29) is 17.7 Å². The Balaban J connectivity index is 0.000000500. The van der Waals surface area contributed by atoms with Crippen molar-refractivity contribution in [2.45, 2.75) is 6.92 Å². The summed E-state index contributed by atoms with van der Waals surface area (Å²) < 4.78 is 0. The molecule has 0 fully saturated rings. The zero-order chi connectivity index (χ0) is 11.0. The third-order valence-corrected chi connectivity index (χ3v) is 1.32. The topological polar surface area (TPSA) is 74.6 Å². The number of carboxylic acid groups (broad SMARTS) is 1. The second kappa shape index (κ2) is 6.80. The number of benzene rings is 1. The zero-order valence-corrected chi connectivity index (χ0v) is 7.80. The molecule has 1 rings (SSSR count). The van der Waals surface area contributed by atoms with Gasteiger partial charge in [0.25, 0.3) is 0 Å². The highest BCUT2D eigenvalue weighted by Gasteiger charge is 2.06. The molecule has 0 bridgehead atoms. The number of hydrogen-bond donors (Lipinski definition) is 2. The summed E-state index contributed by atoms with van der Waals surface area (Å²) in [6.07, 6.45) is 0.531. The summed E-state index contributed by atoms with van der Waals surface area (Å²) in [7, 11) is 0. The molecular weight excluding hydrogens is 184 g/mol. The molecule has 0 heterocycles. The summed E-state index contributed by atoms with van der Waals surface area (Å²) in [5.41, 5.74) is 0.252. The second-order valence-electron chi connectivity index (χ2n) is 2.33. The number of rotatable bonds is 2. The Bertz CT molecular complexity index is 307. The quantitative estimate of drug-likeness (QED) is 0.697. The van der Waals surface area contributed by atoms with Gasteiger partial charge >= 0.3 is 5.97 Å². The van der Waals surface area contributed by atoms with Crippen molar-refractivity contribution in [3.05, 3.63) is 35.4 Å². The SMILES string of the molecule is CCO.O=Cc1ccccc1C(=O)O.